The predicted molar refractivity (Wildman–Crippen MR) is 116 cm³/mol. The minimum absolute atomic E-state index is 0.0541. The number of carbonyl (C=O) groups is 1. The first-order valence-electron chi connectivity index (χ1n) is 8.98. The number of halogens is 4. The van der Waals surface area contributed by atoms with E-state index < -0.39 is 11.7 Å². The minimum Gasteiger partial charge on any atom is -0.292 e. The van der Waals surface area contributed by atoms with E-state index in [9.17, 15) is 18.0 Å². The highest BCUT2D eigenvalue weighted by Gasteiger charge is 2.31. The Morgan fingerprint density at radius 1 is 1.06 bits per heavy atom. The molecule has 0 amide bonds. The van der Waals surface area contributed by atoms with Gasteiger partial charge in [-0.2, -0.15) is 13.2 Å². The average molecular weight is 480 g/mol. The number of rotatable bonds is 6. The molecule has 0 radical (unpaired) electrons. The fraction of sp³-hybridized carbons (Fsp3) is 0.143. The number of para-hydroxylation sites is 2. The number of fused-ring (bicyclic) bond motifs is 1. The van der Waals surface area contributed by atoms with Gasteiger partial charge < -0.3 is 0 Å². The molecule has 4 aromatic rings. The fourth-order valence-corrected chi connectivity index (χ4v) is 4.76. The topological polar surface area (TPSA) is 55.7 Å². The number of pyridine rings is 1. The van der Waals surface area contributed by atoms with Gasteiger partial charge in [0.15, 0.2) is 5.78 Å². The van der Waals surface area contributed by atoms with E-state index in [1.165, 1.54) is 23.1 Å². The highest BCUT2D eigenvalue weighted by atomic mass is 35.5. The van der Waals surface area contributed by atoms with E-state index in [0.29, 0.717) is 15.6 Å². The van der Waals surface area contributed by atoms with Crippen LogP contribution in [0.15, 0.2) is 59.9 Å². The first-order valence-corrected chi connectivity index (χ1v) is 11.2. The summed E-state index contributed by atoms with van der Waals surface area (Å²) >= 11 is 8.55. The third kappa shape index (κ3) is 5.23. The molecule has 158 valence electrons. The standard InChI is InChI=1S/C21H13ClF3N3OS2/c22-14-7-12(21(23,24)25)9-26-17(14)8-13-5-6-19(31-13)18(29)11-30-20-10-27-15-3-1-2-4-16(15)28-20/h1-7,9-10H,8,11H2. The highest BCUT2D eigenvalue weighted by molar-refractivity contribution is 8.00. The maximum atomic E-state index is 12.7. The first kappa shape index (κ1) is 21.7. The van der Waals surface area contributed by atoms with Crippen molar-refractivity contribution in [3.05, 3.63) is 80.9 Å². The van der Waals surface area contributed by atoms with Crippen LogP contribution in [0.4, 0.5) is 13.2 Å². The molecule has 0 saturated carbocycles. The summed E-state index contributed by atoms with van der Waals surface area (Å²) in [5.74, 6) is 0.134. The summed E-state index contributed by atoms with van der Waals surface area (Å²) in [4.78, 5) is 26.5. The summed E-state index contributed by atoms with van der Waals surface area (Å²) < 4.78 is 38.2. The van der Waals surface area contributed by atoms with Crippen molar-refractivity contribution in [2.24, 2.45) is 0 Å². The van der Waals surface area contributed by atoms with Crippen molar-refractivity contribution in [1.29, 1.82) is 0 Å². The molecule has 0 aliphatic heterocycles. The summed E-state index contributed by atoms with van der Waals surface area (Å²) in [5, 5.41) is 0.603. The van der Waals surface area contributed by atoms with Crippen molar-refractivity contribution >= 4 is 51.5 Å². The summed E-state index contributed by atoms with van der Waals surface area (Å²) in [7, 11) is 0. The Bertz CT molecular complexity index is 1260. The SMILES string of the molecule is O=C(CSc1cnc2ccccc2n1)c1ccc(Cc2ncc(C(F)(F)F)cc2Cl)s1. The lowest BCUT2D eigenvalue weighted by Crippen LogP contribution is -2.06. The number of benzene rings is 1. The van der Waals surface area contributed by atoms with Crippen LogP contribution in [0.25, 0.3) is 11.0 Å². The van der Waals surface area contributed by atoms with E-state index in [2.05, 4.69) is 15.0 Å². The maximum Gasteiger partial charge on any atom is 0.417 e. The molecule has 3 heterocycles. The van der Waals surface area contributed by atoms with Crippen LogP contribution in [-0.4, -0.2) is 26.5 Å². The Morgan fingerprint density at radius 3 is 2.58 bits per heavy atom. The molecule has 4 nitrogen and oxygen atoms in total. The smallest absolute Gasteiger partial charge is 0.292 e. The molecule has 3 aromatic heterocycles. The number of nitrogens with zero attached hydrogens (tertiary/aromatic N) is 3. The lowest BCUT2D eigenvalue weighted by Gasteiger charge is -2.08. The fourth-order valence-electron chi connectivity index (χ4n) is 2.76. The number of carbonyl (C=O) groups excluding carboxylic acids is 1. The Labute approximate surface area is 188 Å². The largest absolute Gasteiger partial charge is 0.417 e. The monoisotopic (exact) mass is 479 g/mol. The molecule has 0 aliphatic rings. The number of Topliss-reactive ketones (excluding diaryl/α,β-unsaturated/α-hetero) is 1. The van der Waals surface area contributed by atoms with Crippen LogP contribution >= 0.6 is 34.7 Å². The number of aromatic nitrogens is 3. The van der Waals surface area contributed by atoms with Crippen LogP contribution in [0.1, 0.15) is 25.8 Å². The summed E-state index contributed by atoms with van der Waals surface area (Å²) in [5.41, 5.74) is 0.990. The molecule has 10 heteroatoms. The summed E-state index contributed by atoms with van der Waals surface area (Å²) in [6.45, 7) is 0. The zero-order chi connectivity index (χ0) is 22.0. The van der Waals surface area contributed by atoms with Crippen molar-refractivity contribution in [2.75, 3.05) is 5.75 Å². The summed E-state index contributed by atoms with van der Waals surface area (Å²) in [6.07, 6.45) is -1.84. The van der Waals surface area contributed by atoms with Crippen molar-refractivity contribution in [3.63, 3.8) is 0 Å². The molecule has 0 atom stereocenters. The van der Waals surface area contributed by atoms with Crippen LogP contribution < -0.4 is 0 Å². The van der Waals surface area contributed by atoms with Crippen LogP contribution in [0.3, 0.4) is 0 Å². The zero-order valence-electron chi connectivity index (χ0n) is 15.7. The molecule has 0 fully saturated rings. The van der Waals surface area contributed by atoms with Crippen molar-refractivity contribution < 1.29 is 18.0 Å². The van der Waals surface area contributed by atoms with Crippen molar-refractivity contribution in [3.8, 4) is 0 Å². The van der Waals surface area contributed by atoms with E-state index >= 15 is 0 Å². The van der Waals surface area contributed by atoms with Gasteiger partial charge in [0.2, 0.25) is 0 Å². The van der Waals surface area contributed by atoms with Crippen LogP contribution in [0.2, 0.25) is 5.02 Å². The van der Waals surface area contributed by atoms with E-state index in [4.69, 9.17) is 11.6 Å². The number of ketones is 1. The van der Waals surface area contributed by atoms with Gasteiger partial charge >= 0.3 is 6.18 Å². The lowest BCUT2D eigenvalue weighted by molar-refractivity contribution is -0.137. The molecule has 31 heavy (non-hydrogen) atoms. The quantitative estimate of drug-likeness (QED) is 0.239. The van der Waals surface area contributed by atoms with Crippen molar-refractivity contribution in [2.45, 2.75) is 17.6 Å². The Balaban J connectivity index is 1.40. The van der Waals surface area contributed by atoms with Gasteiger partial charge in [-0.1, -0.05) is 35.5 Å². The van der Waals surface area contributed by atoms with Gasteiger partial charge in [0.05, 0.1) is 44.1 Å². The molecule has 0 saturated heterocycles. The molecule has 0 spiro atoms. The number of thiophene rings is 1. The van der Waals surface area contributed by atoms with E-state index in [1.807, 2.05) is 24.3 Å². The van der Waals surface area contributed by atoms with Crippen LogP contribution in [0, 0.1) is 0 Å². The Morgan fingerprint density at radius 2 is 1.84 bits per heavy atom. The molecular formula is C21H13ClF3N3OS2. The van der Waals surface area contributed by atoms with E-state index in [1.54, 1.807) is 18.3 Å². The molecule has 1 aromatic carbocycles. The van der Waals surface area contributed by atoms with Gasteiger partial charge in [-0.25, -0.2) is 4.98 Å². The number of alkyl halides is 3. The van der Waals surface area contributed by atoms with Gasteiger partial charge in [-0.15, -0.1) is 11.3 Å². The van der Waals surface area contributed by atoms with Gasteiger partial charge in [-0.05, 0) is 30.3 Å². The highest BCUT2D eigenvalue weighted by Crippen LogP contribution is 2.32. The molecule has 4 rings (SSSR count). The van der Waals surface area contributed by atoms with Gasteiger partial charge in [0.1, 0.15) is 5.03 Å². The van der Waals surface area contributed by atoms with Gasteiger partial charge in [0.25, 0.3) is 0 Å². The third-order valence-corrected chi connectivity index (χ3v) is 6.65. The number of hydrogen-bond donors (Lipinski definition) is 0. The molecular weight excluding hydrogens is 467 g/mol. The second-order valence-electron chi connectivity index (χ2n) is 6.50. The molecule has 0 N–H and O–H groups in total. The van der Waals surface area contributed by atoms with Crippen LogP contribution in [-0.2, 0) is 12.6 Å². The van der Waals surface area contributed by atoms with Gasteiger partial charge in [0, 0.05) is 17.5 Å². The Kier molecular flexibility index (Phi) is 6.27. The maximum absolute atomic E-state index is 12.7. The third-order valence-electron chi connectivity index (χ3n) is 4.30. The molecule has 0 aliphatic carbocycles. The first-order chi connectivity index (χ1) is 14.8. The lowest BCUT2D eigenvalue weighted by atomic mass is 10.2. The number of hydrogen-bond acceptors (Lipinski definition) is 6. The van der Waals surface area contributed by atoms with E-state index in [0.717, 1.165) is 28.2 Å². The predicted octanol–water partition coefficient (Wildman–Crippen LogP) is 6.32. The second kappa shape index (κ2) is 8.94. The zero-order valence-corrected chi connectivity index (χ0v) is 18.1. The van der Waals surface area contributed by atoms with Crippen molar-refractivity contribution in [1.82, 2.24) is 15.0 Å². The van der Waals surface area contributed by atoms with Gasteiger partial charge in [-0.3, -0.25) is 14.8 Å². The molecule has 0 bridgehead atoms. The normalized spacial score (nSPS) is 11.7. The minimum atomic E-state index is -4.50. The molecule has 0 unspecified atom stereocenters. The summed E-state index contributed by atoms with van der Waals surface area (Å²) in [6, 6.07) is 11.8. The number of thioether (sulfide) groups is 1. The van der Waals surface area contributed by atoms with E-state index in [-0.39, 0.29) is 23.0 Å². The second-order valence-corrected chi connectivity index (χ2v) is 9.07. The Hall–Kier alpha value is -2.49. The average Bonchev–Trinajstić information content (AvgIpc) is 3.21. The van der Waals surface area contributed by atoms with Crippen LogP contribution in [0.5, 0.6) is 0 Å².